The molecule has 1 rings (SSSR count). The summed E-state index contributed by atoms with van der Waals surface area (Å²) >= 11 is 0. The van der Waals surface area contributed by atoms with Crippen LogP contribution in [0, 0.1) is 11.8 Å². The van der Waals surface area contributed by atoms with Crippen molar-refractivity contribution in [1.29, 1.82) is 0 Å². The second-order valence-electron chi connectivity index (χ2n) is 6.63. The predicted molar refractivity (Wildman–Crippen MR) is 108 cm³/mol. The number of likely N-dealkylation sites (tertiary alicyclic amines) is 1. The Bertz CT molecular complexity index is 286. The smallest absolute Gasteiger partial charge is 0.190 e. The molecule has 2 N–H and O–H groups in total. The van der Waals surface area contributed by atoms with E-state index in [4.69, 9.17) is 0 Å². The van der Waals surface area contributed by atoms with Gasteiger partial charge in [0.1, 0.15) is 0 Å². The van der Waals surface area contributed by atoms with Crippen LogP contribution in [0.25, 0.3) is 0 Å². The van der Waals surface area contributed by atoms with Crippen LogP contribution in [0.4, 0.5) is 0 Å². The molecule has 0 amide bonds. The van der Waals surface area contributed by atoms with Gasteiger partial charge in [0.05, 0.1) is 0 Å². The van der Waals surface area contributed by atoms with E-state index in [0.717, 1.165) is 30.9 Å². The van der Waals surface area contributed by atoms with Gasteiger partial charge in [0.2, 0.25) is 0 Å². The number of halogens is 1. The highest BCUT2D eigenvalue weighted by atomic mass is 127. The molecular weight excluding hydrogens is 387 g/mol. The number of guanidine groups is 1. The molecule has 0 bridgehead atoms. The molecule has 0 aromatic carbocycles. The first-order chi connectivity index (χ1) is 10.2. The third-order valence-corrected chi connectivity index (χ3v) is 4.47. The minimum Gasteiger partial charge on any atom is -0.356 e. The largest absolute Gasteiger partial charge is 0.356 e. The molecule has 0 saturated carbocycles. The monoisotopic (exact) mass is 424 g/mol. The molecular formula is C17H37IN4. The SMILES string of the molecule is CCN1CCC(CCNC(=NC)NCCCC(C)C)CC1.I. The molecule has 132 valence electrons. The molecule has 1 fully saturated rings. The number of nitrogens with one attached hydrogen (secondary N) is 2. The Morgan fingerprint density at radius 3 is 2.36 bits per heavy atom. The van der Waals surface area contributed by atoms with Crippen molar-refractivity contribution in [3.05, 3.63) is 0 Å². The molecule has 0 aromatic rings. The summed E-state index contributed by atoms with van der Waals surface area (Å²) in [5.41, 5.74) is 0. The number of aliphatic imine (C=N–C) groups is 1. The van der Waals surface area contributed by atoms with E-state index in [-0.39, 0.29) is 24.0 Å². The van der Waals surface area contributed by atoms with Gasteiger partial charge in [0, 0.05) is 20.1 Å². The maximum atomic E-state index is 4.30. The second kappa shape index (κ2) is 13.4. The van der Waals surface area contributed by atoms with E-state index < -0.39 is 0 Å². The van der Waals surface area contributed by atoms with Gasteiger partial charge in [-0.2, -0.15) is 0 Å². The summed E-state index contributed by atoms with van der Waals surface area (Å²) in [6, 6.07) is 0. The Morgan fingerprint density at radius 2 is 1.82 bits per heavy atom. The zero-order valence-corrected chi connectivity index (χ0v) is 17.4. The van der Waals surface area contributed by atoms with Crippen molar-refractivity contribution in [2.45, 2.75) is 52.9 Å². The first-order valence-corrected chi connectivity index (χ1v) is 8.82. The second-order valence-corrected chi connectivity index (χ2v) is 6.63. The van der Waals surface area contributed by atoms with Crippen LogP contribution in [0.1, 0.15) is 52.9 Å². The molecule has 0 aliphatic carbocycles. The molecule has 1 saturated heterocycles. The fourth-order valence-corrected chi connectivity index (χ4v) is 2.92. The van der Waals surface area contributed by atoms with Crippen molar-refractivity contribution < 1.29 is 0 Å². The third-order valence-electron chi connectivity index (χ3n) is 4.47. The molecule has 1 heterocycles. The fourth-order valence-electron chi connectivity index (χ4n) is 2.92. The van der Waals surface area contributed by atoms with Gasteiger partial charge in [0.25, 0.3) is 0 Å². The van der Waals surface area contributed by atoms with Crippen molar-refractivity contribution in [1.82, 2.24) is 15.5 Å². The number of nitrogens with zero attached hydrogens (tertiary/aromatic N) is 2. The first-order valence-electron chi connectivity index (χ1n) is 8.82. The summed E-state index contributed by atoms with van der Waals surface area (Å²) in [4.78, 5) is 6.85. The highest BCUT2D eigenvalue weighted by Gasteiger charge is 2.17. The van der Waals surface area contributed by atoms with Crippen LogP contribution < -0.4 is 10.6 Å². The number of hydrogen-bond acceptors (Lipinski definition) is 2. The van der Waals surface area contributed by atoms with Gasteiger partial charge in [-0.05, 0) is 63.6 Å². The number of piperidine rings is 1. The fraction of sp³-hybridized carbons (Fsp3) is 0.941. The van der Waals surface area contributed by atoms with E-state index in [0.29, 0.717) is 0 Å². The standard InChI is InChI=1S/C17H36N4.HI/c1-5-21-13-9-16(10-14-21)8-12-20-17(18-4)19-11-6-7-15(2)3;/h15-16H,5-14H2,1-4H3,(H2,18,19,20);1H. The van der Waals surface area contributed by atoms with Crippen LogP contribution in [0.2, 0.25) is 0 Å². The lowest BCUT2D eigenvalue weighted by atomic mass is 9.93. The lowest BCUT2D eigenvalue weighted by Gasteiger charge is -2.31. The molecule has 0 radical (unpaired) electrons. The number of rotatable bonds is 8. The van der Waals surface area contributed by atoms with E-state index >= 15 is 0 Å². The van der Waals surface area contributed by atoms with Gasteiger partial charge in [-0.1, -0.05) is 20.8 Å². The molecule has 0 unspecified atom stereocenters. The summed E-state index contributed by atoms with van der Waals surface area (Å²) in [7, 11) is 1.86. The molecule has 1 aliphatic heterocycles. The summed E-state index contributed by atoms with van der Waals surface area (Å²) in [6.07, 6.45) is 6.48. The van der Waals surface area contributed by atoms with Gasteiger partial charge in [-0.15, -0.1) is 24.0 Å². The highest BCUT2D eigenvalue weighted by Crippen LogP contribution is 2.19. The molecule has 0 spiro atoms. The van der Waals surface area contributed by atoms with Crippen molar-refractivity contribution in [3.63, 3.8) is 0 Å². The first kappa shape index (κ1) is 22.0. The highest BCUT2D eigenvalue weighted by molar-refractivity contribution is 14.0. The zero-order valence-electron chi connectivity index (χ0n) is 15.0. The normalized spacial score (nSPS) is 17.4. The van der Waals surface area contributed by atoms with Gasteiger partial charge in [0.15, 0.2) is 5.96 Å². The average molecular weight is 424 g/mol. The Balaban J connectivity index is 0.00000441. The molecule has 0 atom stereocenters. The molecule has 4 nitrogen and oxygen atoms in total. The van der Waals surface area contributed by atoms with Gasteiger partial charge < -0.3 is 15.5 Å². The lowest BCUT2D eigenvalue weighted by molar-refractivity contribution is 0.187. The van der Waals surface area contributed by atoms with Crippen LogP contribution >= 0.6 is 24.0 Å². The minimum atomic E-state index is 0. The summed E-state index contributed by atoms with van der Waals surface area (Å²) in [6.45, 7) is 12.6. The molecule has 22 heavy (non-hydrogen) atoms. The average Bonchev–Trinajstić information content (AvgIpc) is 2.50. The van der Waals surface area contributed by atoms with E-state index in [9.17, 15) is 0 Å². The number of hydrogen-bond donors (Lipinski definition) is 2. The van der Waals surface area contributed by atoms with E-state index in [2.05, 4.69) is 41.3 Å². The van der Waals surface area contributed by atoms with E-state index in [1.54, 1.807) is 0 Å². The maximum absolute atomic E-state index is 4.30. The van der Waals surface area contributed by atoms with E-state index in [1.807, 2.05) is 7.05 Å². The topological polar surface area (TPSA) is 39.7 Å². The van der Waals surface area contributed by atoms with Crippen LogP contribution in [-0.4, -0.2) is 50.6 Å². The Labute approximate surface area is 154 Å². The summed E-state index contributed by atoms with van der Waals surface area (Å²) < 4.78 is 0. The summed E-state index contributed by atoms with van der Waals surface area (Å²) in [5, 5.41) is 6.86. The van der Waals surface area contributed by atoms with Crippen molar-refractivity contribution >= 4 is 29.9 Å². The third kappa shape index (κ3) is 9.87. The van der Waals surface area contributed by atoms with Crippen molar-refractivity contribution in [2.24, 2.45) is 16.8 Å². The quantitative estimate of drug-likeness (QED) is 0.272. The van der Waals surface area contributed by atoms with Crippen molar-refractivity contribution in [2.75, 3.05) is 39.8 Å². The maximum Gasteiger partial charge on any atom is 0.190 e. The van der Waals surface area contributed by atoms with Crippen LogP contribution in [0.5, 0.6) is 0 Å². The van der Waals surface area contributed by atoms with Crippen LogP contribution in [0.3, 0.4) is 0 Å². The Hall–Kier alpha value is -0.0400. The Morgan fingerprint density at radius 1 is 1.18 bits per heavy atom. The molecule has 5 heteroatoms. The Kier molecular flexibility index (Phi) is 13.4. The lowest BCUT2D eigenvalue weighted by Crippen LogP contribution is -2.39. The van der Waals surface area contributed by atoms with Crippen molar-refractivity contribution in [3.8, 4) is 0 Å². The van der Waals surface area contributed by atoms with Gasteiger partial charge in [-0.25, -0.2) is 0 Å². The molecule has 0 aromatic heterocycles. The van der Waals surface area contributed by atoms with Gasteiger partial charge in [-0.3, -0.25) is 4.99 Å². The molecule has 1 aliphatic rings. The van der Waals surface area contributed by atoms with Crippen LogP contribution in [-0.2, 0) is 0 Å². The van der Waals surface area contributed by atoms with Gasteiger partial charge >= 0.3 is 0 Å². The van der Waals surface area contributed by atoms with Crippen LogP contribution in [0.15, 0.2) is 4.99 Å². The zero-order chi connectivity index (χ0) is 15.5. The van der Waals surface area contributed by atoms with E-state index in [1.165, 1.54) is 51.7 Å². The summed E-state index contributed by atoms with van der Waals surface area (Å²) in [5.74, 6) is 2.64. The predicted octanol–water partition coefficient (Wildman–Crippen LogP) is 3.33. The minimum absolute atomic E-state index is 0.